The number of fused-ring (bicyclic) bond motifs is 2. The maximum absolute atomic E-state index is 13.6. The number of alkyl carbamates (subject to hydrolysis) is 1. The van der Waals surface area contributed by atoms with Crippen LogP contribution in [0.2, 0.25) is 0 Å². The van der Waals surface area contributed by atoms with Gasteiger partial charge in [0.2, 0.25) is 5.91 Å². The van der Waals surface area contributed by atoms with Crippen molar-refractivity contribution in [3.8, 4) is 0 Å². The Hall–Kier alpha value is -3.23. The Balaban J connectivity index is 1.47. The Morgan fingerprint density at radius 1 is 1.19 bits per heavy atom. The molecule has 2 aliphatic rings. The maximum atomic E-state index is 13.6. The monoisotopic (exact) mass is 428 g/mol. The second-order valence-electron chi connectivity index (χ2n) is 8.30. The lowest BCUT2D eigenvalue weighted by atomic mass is 10.2. The van der Waals surface area contributed by atoms with Crippen LogP contribution >= 0.6 is 0 Å². The maximum Gasteiger partial charge on any atom is 0.409 e. The van der Waals surface area contributed by atoms with E-state index in [0.29, 0.717) is 34.5 Å². The van der Waals surface area contributed by atoms with Crippen LogP contribution in [0.3, 0.4) is 0 Å². The van der Waals surface area contributed by atoms with Crippen molar-refractivity contribution >= 4 is 28.7 Å². The molecule has 164 valence electrons. The first-order valence-electron chi connectivity index (χ1n) is 10.3. The van der Waals surface area contributed by atoms with Crippen molar-refractivity contribution in [1.82, 2.24) is 20.0 Å². The lowest BCUT2D eigenvalue weighted by molar-refractivity contribution is -0.140. The molecule has 1 saturated carbocycles. The molecule has 2 fully saturated rings. The van der Waals surface area contributed by atoms with Gasteiger partial charge in [0, 0.05) is 24.8 Å². The Bertz CT molecular complexity index is 1090. The molecule has 0 bridgehead atoms. The SMILES string of the molecule is CC(=O)c1nn(CC(=O)N2[C@@H](OC(=O)NCC(F)=C(C)C)C[C@H]3C[C@H]32)c2ccccc12. The third-order valence-electron chi connectivity index (χ3n) is 5.80. The summed E-state index contributed by atoms with van der Waals surface area (Å²) in [6.07, 6.45) is -0.0184. The fraction of sp³-hybridized carbons (Fsp3) is 0.455. The van der Waals surface area contributed by atoms with Crippen molar-refractivity contribution in [2.75, 3.05) is 6.54 Å². The molecular weight excluding hydrogens is 403 g/mol. The van der Waals surface area contributed by atoms with E-state index in [-0.39, 0.29) is 30.8 Å². The number of halogens is 1. The summed E-state index contributed by atoms with van der Waals surface area (Å²) in [4.78, 5) is 38.8. The van der Waals surface area contributed by atoms with E-state index in [1.807, 2.05) is 18.2 Å². The second-order valence-corrected chi connectivity index (χ2v) is 8.30. The van der Waals surface area contributed by atoms with Gasteiger partial charge in [-0.3, -0.25) is 14.3 Å². The molecule has 1 aliphatic carbocycles. The lowest BCUT2D eigenvalue weighted by Crippen LogP contribution is -2.44. The summed E-state index contributed by atoms with van der Waals surface area (Å²) in [5.74, 6) is -0.529. The Morgan fingerprint density at radius 3 is 2.65 bits per heavy atom. The van der Waals surface area contributed by atoms with Crippen LogP contribution in [0, 0.1) is 5.92 Å². The fourth-order valence-electron chi connectivity index (χ4n) is 4.07. The van der Waals surface area contributed by atoms with Crippen LogP contribution in [0.5, 0.6) is 0 Å². The largest absolute Gasteiger partial charge is 0.425 e. The van der Waals surface area contributed by atoms with E-state index in [9.17, 15) is 18.8 Å². The van der Waals surface area contributed by atoms with Gasteiger partial charge in [-0.1, -0.05) is 18.2 Å². The molecular formula is C22H25FN4O4. The van der Waals surface area contributed by atoms with E-state index >= 15 is 0 Å². The number of likely N-dealkylation sites (tertiary alicyclic amines) is 1. The molecule has 2 heterocycles. The van der Waals surface area contributed by atoms with Crippen molar-refractivity contribution in [1.29, 1.82) is 0 Å². The van der Waals surface area contributed by atoms with Crippen LogP contribution in [-0.4, -0.2) is 51.3 Å². The van der Waals surface area contributed by atoms with E-state index in [0.717, 1.165) is 6.42 Å². The summed E-state index contributed by atoms with van der Waals surface area (Å²) in [6, 6.07) is 7.29. The van der Waals surface area contributed by atoms with Gasteiger partial charge in [-0.15, -0.1) is 0 Å². The number of para-hydroxylation sites is 1. The number of ether oxygens (including phenoxy) is 1. The zero-order valence-electron chi connectivity index (χ0n) is 17.7. The number of rotatable bonds is 6. The molecule has 3 atom stereocenters. The summed E-state index contributed by atoms with van der Waals surface area (Å²) in [6.45, 7) is 4.36. The molecule has 9 heteroatoms. The smallest absolute Gasteiger partial charge is 0.409 e. The number of carbonyl (C=O) groups is 3. The van der Waals surface area contributed by atoms with Gasteiger partial charge in [0.1, 0.15) is 18.1 Å². The minimum atomic E-state index is -0.760. The van der Waals surface area contributed by atoms with Gasteiger partial charge in [-0.2, -0.15) is 5.10 Å². The highest BCUT2D eigenvalue weighted by atomic mass is 19.1. The quantitative estimate of drug-likeness (QED) is 0.714. The van der Waals surface area contributed by atoms with Gasteiger partial charge in [0.05, 0.1) is 12.1 Å². The third-order valence-corrected chi connectivity index (χ3v) is 5.80. The summed E-state index contributed by atoms with van der Waals surface area (Å²) < 4.78 is 20.6. The number of Topliss-reactive ketones (excluding diaryl/α,β-unsaturated/α-hetero) is 1. The highest BCUT2D eigenvalue weighted by Gasteiger charge is 2.55. The highest BCUT2D eigenvalue weighted by molar-refractivity contribution is 6.05. The molecule has 8 nitrogen and oxygen atoms in total. The number of hydrogen-bond donors (Lipinski definition) is 1. The van der Waals surface area contributed by atoms with Gasteiger partial charge >= 0.3 is 6.09 Å². The second kappa shape index (κ2) is 8.13. The van der Waals surface area contributed by atoms with Gasteiger partial charge in [-0.25, -0.2) is 9.18 Å². The van der Waals surface area contributed by atoms with Crippen LogP contribution in [0.25, 0.3) is 10.9 Å². The molecule has 2 aromatic rings. The van der Waals surface area contributed by atoms with E-state index < -0.39 is 18.1 Å². The minimum absolute atomic E-state index is 0.0360. The van der Waals surface area contributed by atoms with Crippen LogP contribution in [-0.2, 0) is 16.1 Å². The van der Waals surface area contributed by atoms with Crippen molar-refractivity contribution in [2.24, 2.45) is 5.92 Å². The first-order chi connectivity index (χ1) is 14.8. The van der Waals surface area contributed by atoms with Crippen molar-refractivity contribution in [2.45, 2.75) is 52.4 Å². The molecule has 1 aliphatic heterocycles. The van der Waals surface area contributed by atoms with Crippen LogP contribution < -0.4 is 5.32 Å². The zero-order chi connectivity index (χ0) is 22.3. The van der Waals surface area contributed by atoms with Crippen LogP contribution in [0.15, 0.2) is 35.7 Å². The first kappa shape index (κ1) is 21.0. The van der Waals surface area contributed by atoms with Gasteiger partial charge in [0.15, 0.2) is 12.0 Å². The number of ketones is 1. The molecule has 1 aromatic carbocycles. The standard InChI is InChI=1S/C22H25FN4O4/c1-12(2)16(23)10-24-22(30)31-20-9-14-8-18(14)27(20)19(29)11-26-17-7-5-4-6-15(17)21(25-26)13(3)28/h4-7,14,18,20H,8-11H2,1-3H3,(H,24,30)/t14-,18-,20+/m1/s1. The van der Waals surface area contributed by atoms with E-state index in [4.69, 9.17) is 4.74 Å². The number of amides is 2. The van der Waals surface area contributed by atoms with Crippen LogP contribution in [0.1, 0.15) is 44.1 Å². The van der Waals surface area contributed by atoms with Gasteiger partial charge in [-0.05, 0) is 37.8 Å². The average Bonchev–Trinajstić information content (AvgIpc) is 3.23. The predicted molar refractivity (Wildman–Crippen MR) is 111 cm³/mol. The molecule has 4 rings (SSSR count). The van der Waals surface area contributed by atoms with E-state index in [1.165, 1.54) is 11.6 Å². The summed E-state index contributed by atoms with van der Waals surface area (Å²) >= 11 is 0. The van der Waals surface area contributed by atoms with Gasteiger partial charge in [0.25, 0.3) is 0 Å². The fourth-order valence-corrected chi connectivity index (χ4v) is 4.07. The highest BCUT2D eigenvalue weighted by Crippen LogP contribution is 2.48. The number of nitrogens with zero attached hydrogens (tertiary/aromatic N) is 3. The first-order valence-corrected chi connectivity index (χ1v) is 10.3. The number of nitrogens with one attached hydrogen (secondary N) is 1. The number of hydrogen-bond acceptors (Lipinski definition) is 5. The molecule has 0 spiro atoms. The number of aromatic nitrogens is 2. The Labute approximate surface area is 179 Å². The van der Waals surface area contributed by atoms with Crippen molar-refractivity contribution < 1.29 is 23.5 Å². The predicted octanol–water partition coefficient (Wildman–Crippen LogP) is 3.18. The van der Waals surface area contributed by atoms with E-state index in [1.54, 1.807) is 24.8 Å². The molecule has 0 unspecified atom stereocenters. The number of benzene rings is 1. The number of piperidine rings is 1. The molecule has 1 aromatic heterocycles. The summed E-state index contributed by atoms with van der Waals surface area (Å²) in [7, 11) is 0. The molecule has 1 N–H and O–H groups in total. The normalized spacial score (nSPS) is 21.5. The minimum Gasteiger partial charge on any atom is -0.425 e. The van der Waals surface area contributed by atoms with E-state index in [2.05, 4.69) is 10.4 Å². The molecule has 1 saturated heterocycles. The summed E-state index contributed by atoms with van der Waals surface area (Å²) in [5, 5.41) is 7.42. The molecule has 2 amide bonds. The zero-order valence-corrected chi connectivity index (χ0v) is 17.7. The van der Waals surface area contributed by atoms with Gasteiger partial charge < -0.3 is 15.0 Å². The summed E-state index contributed by atoms with van der Waals surface area (Å²) in [5.41, 5.74) is 1.50. The lowest BCUT2D eigenvalue weighted by Gasteiger charge is -2.27. The third kappa shape index (κ3) is 4.17. The van der Waals surface area contributed by atoms with Crippen LogP contribution in [0.4, 0.5) is 9.18 Å². The van der Waals surface area contributed by atoms with Crippen molar-refractivity contribution in [3.05, 3.63) is 41.4 Å². The number of carbonyl (C=O) groups excluding carboxylic acids is 3. The Kier molecular flexibility index (Phi) is 5.51. The average molecular weight is 428 g/mol. The Morgan fingerprint density at radius 2 is 1.94 bits per heavy atom. The number of allylic oxidation sites excluding steroid dienone is 1. The van der Waals surface area contributed by atoms with Crippen molar-refractivity contribution in [3.63, 3.8) is 0 Å². The molecule has 0 radical (unpaired) electrons. The topological polar surface area (TPSA) is 93.5 Å². The molecule has 31 heavy (non-hydrogen) atoms.